The van der Waals surface area contributed by atoms with Crippen LogP contribution in [0.3, 0.4) is 0 Å². The van der Waals surface area contributed by atoms with Gasteiger partial charge in [-0.15, -0.1) is 0 Å². The molecule has 0 spiro atoms. The fraction of sp³-hybridized carbons (Fsp3) is 0.0141. The number of fused-ring (bicyclic) bond motifs is 4. The van der Waals surface area contributed by atoms with Crippen LogP contribution in [0.1, 0.15) is 22.3 Å². The molecule has 0 amide bonds. The first-order valence-corrected chi connectivity index (χ1v) is 24.9. The van der Waals surface area contributed by atoms with Crippen LogP contribution in [0, 0.1) is 0 Å². The fourth-order valence-corrected chi connectivity index (χ4v) is 11.5. The van der Waals surface area contributed by atoms with Gasteiger partial charge in [-0.1, -0.05) is 249 Å². The SMILES string of the molecule is c1ccc(-c2ccccc2-c2cccc(N(c3ccc(-c4ccc5c(c4)C(c4ccccc4)(c4ccccc4)c4ccccc4-5)cc3)c3cccc(-c4cccc(-c5cccc6ccccc56)c4)c3)c2)cc1. The Bertz CT molecular complexity index is 3870. The van der Waals surface area contributed by atoms with E-state index in [1.54, 1.807) is 0 Å². The van der Waals surface area contributed by atoms with E-state index in [1.807, 2.05) is 0 Å². The van der Waals surface area contributed by atoms with Gasteiger partial charge in [0.1, 0.15) is 0 Å². The summed E-state index contributed by atoms with van der Waals surface area (Å²) in [7, 11) is 0. The molecule has 0 aromatic heterocycles. The van der Waals surface area contributed by atoms with Crippen molar-refractivity contribution < 1.29 is 0 Å². The average molecular weight is 916 g/mol. The maximum absolute atomic E-state index is 2.45. The molecular formula is C71H49N. The molecule has 0 unspecified atom stereocenters. The molecule has 0 saturated heterocycles. The third-order valence-electron chi connectivity index (χ3n) is 14.7. The Labute approximate surface area is 422 Å². The van der Waals surface area contributed by atoms with E-state index < -0.39 is 5.41 Å². The van der Waals surface area contributed by atoms with Crippen LogP contribution in [-0.2, 0) is 5.41 Å². The molecule has 0 N–H and O–H groups in total. The summed E-state index contributed by atoms with van der Waals surface area (Å²) >= 11 is 0. The maximum atomic E-state index is 2.45. The van der Waals surface area contributed by atoms with Gasteiger partial charge in [0.15, 0.2) is 0 Å². The maximum Gasteiger partial charge on any atom is 0.0713 e. The molecule has 1 aliphatic rings. The number of rotatable bonds is 10. The van der Waals surface area contributed by atoms with E-state index in [0.717, 1.165) is 33.8 Å². The molecule has 0 saturated carbocycles. The second kappa shape index (κ2) is 18.2. The molecule has 0 radical (unpaired) electrons. The number of anilines is 3. The Morgan fingerprint density at radius 3 is 1.38 bits per heavy atom. The fourth-order valence-electron chi connectivity index (χ4n) is 11.5. The van der Waals surface area contributed by atoms with E-state index in [-0.39, 0.29) is 0 Å². The summed E-state index contributed by atoms with van der Waals surface area (Å²) in [6.45, 7) is 0. The molecule has 0 bridgehead atoms. The monoisotopic (exact) mass is 915 g/mol. The quantitative estimate of drug-likeness (QED) is 0.132. The highest BCUT2D eigenvalue weighted by Gasteiger charge is 2.46. The van der Waals surface area contributed by atoms with E-state index in [0.29, 0.717) is 0 Å². The van der Waals surface area contributed by atoms with Crippen molar-refractivity contribution in [3.05, 3.63) is 320 Å². The lowest BCUT2D eigenvalue weighted by Gasteiger charge is -2.34. The lowest BCUT2D eigenvalue weighted by atomic mass is 9.67. The predicted molar refractivity (Wildman–Crippen MR) is 303 cm³/mol. The second-order valence-corrected chi connectivity index (χ2v) is 18.8. The molecule has 1 aliphatic carbocycles. The van der Waals surface area contributed by atoms with Crippen molar-refractivity contribution in [1.82, 2.24) is 0 Å². The zero-order valence-corrected chi connectivity index (χ0v) is 39.7. The van der Waals surface area contributed by atoms with Crippen LogP contribution in [0.2, 0.25) is 0 Å². The van der Waals surface area contributed by atoms with E-state index in [2.05, 4.69) is 302 Å². The molecule has 12 aromatic rings. The summed E-state index contributed by atoms with van der Waals surface area (Å²) in [5.41, 5.74) is 22.4. The first-order chi connectivity index (χ1) is 35.7. The van der Waals surface area contributed by atoms with E-state index in [4.69, 9.17) is 0 Å². The van der Waals surface area contributed by atoms with Gasteiger partial charge in [-0.3, -0.25) is 0 Å². The Kier molecular flexibility index (Phi) is 10.8. The van der Waals surface area contributed by atoms with Gasteiger partial charge in [0.2, 0.25) is 0 Å². The smallest absolute Gasteiger partial charge is 0.0713 e. The van der Waals surface area contributed by atoms with Crippen LogP contribution < -0.4 is 4.90 Å². The van der Waals surface area contributed by atoms with E-state index in [9.17, 15) is 0 Å². The Morgan fingerprint density at radius 2 is 0.667 bits per heavy atom. The number of hydrogen-bond donors (Lipinski definition) is 0. The molecule has 0 aliphatic heterocycles. The number of benzene rings is 12. The average Bonchev–Trinajstić information content (AvgIpc) is 3.76. The van der Waals surface area contributed by atoms with Crippen molar-refractivity contribution in [3.8, 4) is 66.8 Å². The number of nitrogens with zero attached hydrogens (tertiary/aromatic N) is 1. The van der Waals surface area contributed by atoms with Gasteiger partial charge in [-0.05, 0) is 148 Å². The molecule has 1 heteroatoms. The highest BCUT2D eigenvalue weighted by atomic mass is 15.1. The highest BCUT2D eigenvalue weighted by Crippen LogP contribution is 2.57. The molecule has 0 fully saturated rings. The van der Waals surface area contributed by atoms with Crippen molar-refractivity contribution in [3.63, 3.8) is 0 Å². The van der Waals surface area contributed by atoms with Gasteiger partial charge < -0.3 is 4.90 Å². The molecule has 338 valence electrons. The largest absolute Gasteiger partial charge is 0.310 e. The standard InChI is InChI=1S/C71H49N/c1-4-20-51(21-5-1)63-35-12-13-36-65(63)57-27-18-33-62(48-57)72(61-32-17-25-54(47-61)53-24-16-26-56(46-53)66-38-19-23-52-22-10-11-34-64(52)66)60-43-40-50(41-44-60)55-42-45-68-67-37-14-15-39-69(67)71(70(68)49-55,58-28-6-2-7-29-58)59-30-8-3-9-31-59/h1-49H. The molecular weight excluding hydrogens is 867 g/mol. The summed E-state index contributed by atoms with van der Waals surface area (Å²) in [6.07, 6.45) is 0. The summed E-state index contributed by atoms with van der Waals surface area (Å²) in [5, 5.41) is 2.50. The van der Waals surface area contributed by atoms with Crippen LogP contribution in [0.5, 0.6) is 0 Å². The molecule has 1 nitrogen and oxygen atoms in total. The van der Waals surface area contributed by atoms with Crippen LogP contribution in [0.4, 0.5) is 17.1 Å². The Morgan fingerprint density at radius 1 is 0.222 bits per heavy atom. The summed E-state index contributed by atoms with van der Waals surface area (Å²) in [6, 6.07) is 109. The third kappa shape index (κ3) is 7.42. The van der Waals surface area contributed by atoms with Gasteiger partial charge in [-0.2, -0.15) is 0 Å². The van der Waals surface area contributed by atoms with Gasteiger partial charge in [0.05, 0.1) is 5.41 Å². The van der Waals surface area contributed by atoms with Crippen LogP contribution in [0.15, 0.2) is 297 Å². The first kappa shape index (κ1) is 42.8. The second-order valence-electron chi connectivity index (χ2n) is 18.8. The Hall–Kier alpha value is -9.30. The third-order valence-corrected chi connectivity index (χ3v) is 14.7. The van der Waals surface area contributed by atoms with Crippen molar-refractivity contribution in [2.75, 3.05) is 4.90 Å². The first-order valence-electron chi connectivity index (χ1n) is 24.9. The minimum atomic E-state index is -0.467. The summed E-state index contributed by atoms with van der Waals surface area (Å²) in [5.74, 6) is 0. The topological polar surface area (TPSA) is 3.24 Å². The lowest BCUT2D eigenvalue weighted by Crippen LogP contribution is -2.28. The van der Waals surface area contributed by atoms with Gasteiger partial charge in [0.25, 0.3) is 0 Å². The highest BCUT2D eigenvalue weighted by molar-refractivity contribution is 5.97. The molecule has 12 aromatic carbocycles. The minimum absolute atomic E-state index is 0.467. The molecule has 0 heterocycles. The zero-order chi connectivity index (χ0) is 47.8. The van der Waals surface area contributed by atoms with E-state index in [1.165, 1.54) is 83.1 Å². The zero-order valence-electron chi connectivity index (χ0n) is 39.7. The van der Waals surface area contributed by atoms with Gasteiger partial charge in [0, 0.05) is 17.1 Å². The van der Waals surface area contributed by atoms with E-state index >= 15 is 0 Å². The normalized spacial score (nSPS) is 12.3. The van der Waals surface area contributed by atoms with Crippen molar-refractivity contribution in [2.45, 2.75) is 5.41 Å². The molecule has 13 rings (SSSR count). The van der Waals surface area contributed by atoms with Crippen molar-refractivity contribution >= 4 is 27.8 Å². The molecule has 72 heavy (non-hydrogen) atoms. The van der Waals surface area contributed by atoms with Gasteiger partial charge in [-0.25, -0.2) is 0 Å². The van der Waals surface area contributed by atoms with Crippen LogP contribution in [0.25, 0.3) is 77.5 Å². The van der Waals surface area contributed by atoms with Crippen molar-refractivity contribution in [1.29, 1.82) is 0 Å². The predicted octanol–water partition coefficient (Wildman–Crippen LogP) is 19.0. The number of hydrogen-bond acceptors (Lipinski definition) is 1. The van der Waals surface area contributed by atoms with Crippen molar-refractivity contribution in [2.24, 2.45) is 0 Å². The summed E-state index contributed by atoms with van der Waals surface area (Å²) in [4.78, 5) is 2.41. The molecule has 0 atom stereocenters. The Balaban J connectivity index is 0.934. The van der Waals surface area contributed by atoms with Crippen LogP contribution >= 0.6 is 0 Å². The summed E-state index contributed by atoms with van der Waals surface area (Å²) < 4.78 is 0. The minimum Gasteiger partial charge on any atom is -0.310 e. The lowest BCUT2D eigenvalue weighted by molar-refractivity contribution is 0.769. The van der Waals surface area contributed by atoms with Crippen LogP contribution in [-0.4, -0.2) is 0 Å². The van der Waals surface area contributed by atoms with Gasteiger partial charge >= 0.3 is 0 Å².